The molecular weight excluding hydrogens is 337 g/mol. The number of methoxy groups -OCH3 is 1. The molecule has 1 saturated heterocycles. The van der Waals surface area contributed by atoms with E-state index in [1.807, 2.05) is 0 Å². The van der Waals surface area contributed by atoms with Gasteiger partial charge in [0.2, 0.25) is 0 Å². The first-order valence-corrected chi connectivity index (χ1v) is 8.60. The van der Waals surface area contributed by atoms with Crippen LogP contribution in [0.2, 0.25) is 0 Å². The van der Waals surface area contributed by atoms with Crippen molar-refractivity contribution in [2.45, 2.75) is 18.9 Å². The van der Waals surface area contributed by atoms with Gasteiger partial charge in [-0.2, -0.15) is 0 Å². The van der Waals surface area contributed by atoms with Crippen molar-refractivity contribution in [2.24, 2.45) is 5.92 Å². The van der Waals surface area contributed by atoms with Crippen LogP contribution in [0.5, 0.6) is 6.01 Å². The Morgan fingerprint density at radius 2 is 2.00 bits per heavy atom. The molecule has 1 aromatic carbocycles. The number of nitrogens with zero attached hydrogens (tertiary/aromatic N) is 3. The van der Waals surface area contributed by atoms with E-state index in [2.05, 4.69) is 9.97 Å². The molecule has 0 aliphatic carbocycles. The first-order valence-electron chi connectivity index (χ1n) is 8.60. The normalized spacial score (nSPS) is 20.0. The van der Waals surface area contributed by atoms with E-state index in [0.29, 0.717) is 13.1 Å². The molecule has 3 rings (SSSR count). The molecule has 7 heteroatoms. The maximum atomic E-state index is 13.1. The van der Waals surface area contributed by atoms with Gasteiger partial charge in [-0.1, -0.05) is 12.1 Å². The molecule has 26 heavy (non-hydrogen) atoms. The number of halogens is 1. The largest absolute Gasteiger partial charge is 0.453 e. The number of carbonyl (C=O) groups is 1. The van der Waals surface area contributed by atoms with Crippen LogP contribution in [0, 0.1) is 11.7 Å². The van der Waals surface area contributed by atoms with Crippen molar-refractivity contribution in [3.63, 3.8) is 0 Å². The van der Waals surface area contributed by atoms with Gasteiger partial charge >= 0.3 is 6.01 Å². The molecule has 2 heterocycles. The Bertz CT molecular complexity index is 712. The van der Waals surface area contributed by atoms with Crippen LogP contribution in [0.15, 0.2) is 42.7 Å². The molecule has 0 spiro atoms. The van der Waals surface area contributed by atoms with Crippen molar-refractivity contribution >= 4 is 5.91 Å². The fourth-order valence-corrected chi connectivity index (χ4v) is 3.19. The number of ether oxygens (including phenoxy) is 2. The Morgan fingerprint density at radius 3 is 2.69 bits per heavy atom. The third-order valence-electron chi connectivity index (χ3n) is 4.63. The Hall–Kier alpha value is -2.54. The van der Waals surface area contributed by atoms with Crippen molar-refractivity contribution in [3.05, 3.63) is 54.1 Å². The number of piperidine rings is 1. The van der Waals surface area contributed by atoms with Crippen LogP contribution in [-0.4, -0.2) is 53.7 Å². The quantitative estimate of drug-likeness (QED) is 0.790. The molecule has 6 nitrogen and oxygen atoms in total. The summed E-state index contributed by atoms with van der Waals surface area (Å²) in [5.41, 5.74) is 1.07. The van der Waals surface area contributed by atoms with E-state index in [-0.39, 0.29) is 36.4 Å². The predicted molar refractivity (Wildman–Crippen MR) is 93.1 cm³/mol. The molecule has 1 amide bonds. The average Bonchev–Trinajstić information content (AvgIpc) is 2.69. The van der Waals surface area contributed by atoms with Crippen molar-refractivity contribution in [1.29, 1.82) is 0 Å². The summed E-state index contributed by atoms with van der Waals surface area (Å²) >= 11 is 0. The fourth-order valence-electron chi connectivity index (χ4n) is 3.19. The number of rotatable bonds is 6. The molecule has 1 fully saturated rings. The zero-order valence-electron chi connectivity index (χ0n) is 14.7. The second kappa shape index (κ2) is 8.71. The number of carbonyl (C=O) groups excluding carboxylic acids is 1. The Balaban J connectivity index is 1.53. The lowest BCUT2D eigenvalue weighted by Gasteiger charge is -2.37. The summed E-state index contributed by atoms with van der Waals surface area (Å²) in [6.07, 6.45) is 4.69. The molecule has 1 aliphatic rings. The lowest BCUT2D eigenvalue weighted by molar-refractivity contribution is -0.138. The first kappa shape index (κ1) is 18.3. The van der Waals surface area contributed by atoms with E-state index in [1.54, 1.807) is 42.6 Å². The summed E-state index contributed by atoms with van der Waals surface area (Å²) in [5, 5.41) is 0. The van der Waals surface area contributed by atoms with Gasteiger partial charge < -0.3 is 14.4 Å². The lowest BCUT2D eigenvalue weighted by atomic mass is 9.87. The van der Waals surface area contributed by atoms with Gasteiger partial charge in [0.05, 0.1) is 6.10 Å². The Labute approximate surface area is 152 Å². The number of amides is 1. The number of benzene rings is 1. The summed E-state index contributed by atoms with van der Waals surface area (Å²) in [4.78, 5) is 22.0. The highest BCUT2D eigenvalue weighted by molar-refractivity contribution is 5.77. The summed E-state index contributed by atoms with van der Waals surface area (Å²) in [5.74, 6) is -0.0625. The molecule has 0 saturated carbocycles. The minimum atomic E-state index is -0.236. The zero-order valence-corrected chi connectivity index (χ0v) is 14.7. The van der Waals surface area contributed by atoms with Crippen LogP contribution in [0.4, 0.5) is 4.39 Å². The zero-order chi connectivity index (χ0) is 18.4. The van der Waals surface area contributed by atoms with Gasteiger partial charge in [-0.3, -0.25) is 4.79 Å². The number of likely N-dealkylation sites (tertiary alicyclic amines) is 1. The molecule has 2 atom stereocenters. The van der Waals surface area contributed by atoms with Crippen LogP contribution in [0.25, 0.3) is 0 Å². The highest BCUT2D eigenvalue weighted by Gasteiger charge is 2.31. The topological polar surface area (TPSA) is 64.5 Å². The number of aromatic nitrogens is 2. The van der Waals surface area contributed by atoms with E-state index in [9.17, 15) is 9.18 Å². The minimum Gasteiger partial charge on any atom is -0.453 e. The van der Waals surface area contributed by atoms with E-state index in [1.165, 1.54) is 12.1 Å². The molecule has 0 bridgehead atoms. The van der Waals surface area contributed by atoms with Crippen LogP contribution in [0.3, 0.4) is 0 Å². The van der Waals surface area contributed by atoms with Crippen molar-refractivity contribution in [3.8, 4) is 6.01 Å². The fraction of sp³-hybridized carbons (Fsp3) is 0.421. The van der Waals surface area contributed by atoms with Crippen LogP contribution < -0.4 is 4.74 Å². The van der Waals surface area contributed by atoms with Crippen LogP contribution >= 0.6 is 0 Å². The Kier molecular flexibility index (Phi) is 6.12. The molecule has 0 N–H and O–H groups in total. The minimum absolute atomic E-state index is 0.0641. The molecular formula is C19H22FN3O3. The molecule has 138 valence electrons. The average molecular weight is 359 g/mol. The maximum absolute atomic E-state index is 13.1. The maximum Gasteiger partial charge on any atom is 0.316 e. The second-order valence-corrected chi connectivity index (χ2v) is 6.31. The van der Waals surface area contributed by atoms with Gasteiger partial charge in [0.15, 0.2) is 6.61 Å². The van der Waals surface area contributed by atoms with Gasteiger partial charge in [-0.25, -0.2) is 14.4 Å². The standard InChI is InChI=1S/C19H22FN3O3/c1-25-17-12-23(18(24)13-26-19-21-8-2-9-22-19)10-7-15(17)11-14-3-5-16(20)6-4-14/h2-6,8-9,15,17H,7,10-13H2,1H3/t15-,17+/m1/s1. The molecule has 0 unspecified atom stereocenters. The highest BCUT2D eigenvalue weighted by Crippen LogP contribution is 2.24. The van der Waals surface area contributed by atoms with Crippen molar-refractivity contribution in [1.82, 2.24) is 14.9 Å². The van der Waals surface area contributed by atoms with Crippen LogP contribution in [-0.2, 0) is 16.0 Å². The van der Waals surface area contributed by atoms with E-state index < -0.39 is 0 Å². The summed E-state index contributed by atoms with van der Waals surface area (Å²) < 4.78 is 24.0. The summed E-state index contributed by atoms with van der Waals surface area (Å²) in [6.45, 7) is 1.06. The smallest absolute Gasteiger partial charge is 0.316 e. The SMILES string of the molecule is CO[C@H]1CN(C(=O)COc2ncccn2)CC[C@@H]1Cc1ccc(F)cc1. The first-order chi connectivity index (χ1) is 12.7. The lowest BCUT2D eigenvalue weighted by Crippen LogP contribution is -2.49. The molecule has 2 aromatic rings. The van der Waals surface area contributed by atoms with Gasteiger partial charge in [0.1, 0.15) is 5.82 Å². The van der Waals surface area contributed by atoms with E-state index in [0.717, 1.165) is 18.4 Å². The predicted octanol–water partition coefficient (Wildman–Crippen LogP) is 2.10. The monoisotopic (exact) mass is 359 g/mol. The van der Waals surface area contributed by atoms with Gasteiger partial charge in [-0.05, 0) is 42.5 Å². The van der Waals surface area contributed by atoms with E-state index in [4.69, 9.17) is 9.47 Å². The molecule has 1 aliphatic heterocycles. The number of hydrogen-bond acceptors (Lipinski definition) is 5. The summed E-state index contributed by atoms with van der Waals surface area (Å²) in [7, 11) is 1.66. The van der Waals surface area contributed by atoms with Crippen LogP contribution in [0.1, 0.15) is 12.0 Å². The second-order valence-electron chi connectivity index (χ2n) is 6.31. The summed E-state index contributed by atoms with van der Waals surface area (Å²) in [6, 6.07) is 8.41. The van der Waals surface area contributed by atoms with Crippen molar-refractivity contribution < 1.29 is 18.7 Å². The number of hydrogen-bond donors (Lipinski definition) is 0. The third kappa shape index (κ3) is 4.76. The highest BCUT2D eigenvalue weighted by atomic mass is 19.1. The van der Waals surface area contributed by atoms with E-state index >= 15 is 0 Å². The third-order valence-corrected chi connectivity index (χ3v) is 4.63. The van der Waals surface area contributed by atoms with Crippen molar-refractivity contribution in [2.75, 3.05) is 26.8 Å². The Morgan fingerprint density at radius 1 is 1.27 bits per heavy atom. The molecule has 0 radical (unpaired) electrons. The van der Waals surface area contributed by atoms with Gasteiger partial charge in [-0.15, -0.1) is 0 Å². The molecule has 1 aromatic heterocycles. The van der Waals surface area contributed by atoms with Gasteiger partial charge in [0, 0.05) is 32.6 Å². The van der Waals surface area contributed by atoms with Gasteiger partial charge in [0.25, 0.3) is 5.91 Å².